The molecule has 0 aliphatic carbocycles. The standard InChI is InChI=1S/C15H20Cl2N2O2/c1-2-3-4-5-6-7-14(20)18-19-15(21)12-9-8-11(16)10-13(12)17/h8-10H,2-7H2,1H3,(H,18,20)(H,19,21). The lowest BCUT2D eigenvalue weighted by molar-refractivity contribution is -0.122. The molecule has 1 aromatic carbocycles. The third-order valence-electron chi connectivity index (χ3n) is 3.00. The third kappa shape index (κ3) is 6.82. The summed E-state index contributed by atoms with van der Waals surface area (Å²) in [7, 11) is 0. The molecule has 2 N–H and O–H groups in total. The molecule has 0 aromatic heterocycles. The Morgan fingerprint density at radius 2 is 1.76 bits per heavy atom. The van der Waals surface area contributed by atoms with Crippen LogP contribution in [-0.2, 0) is 4.79 Å². The van der Waals surface area contributed by atoms with Gasteiger partial charge < -0.3 is 0 Å². The average Bonchev–Trinajstić information content (AvgIpc) is 2.44. The summed E-state index contributed by atoms with van der Waals surface area (Å²) in [4.78, 5) is 23.4. The highest BCUT2D eigenvalue weighted by Crippen LogP contribution is 2.20. The van der Waals surface area contributed by atoms with E-state index in [1.807, 2.05) is 0 Å². The van der Waals surface area contributed by atoms with Crippen molar-refractivity contribution in [3.05, 3.63) is 33.8 Å². The summed E-state index contributed by atoms with van der Waals surface area (Å²) in [5, 5.41) is 0.696. The van der Waals surface area contributed by atoms with Gasteiger partial charge in [0.1, 0.15) is 0 Å². The van der Waals surface area contributed by atoms with Gasteiger partial charge in [-0.05, 0) is 24.6 Å². The van der Waals surface area contributed by atoms with E-state index in [2.05, 4.69) is 17.8 Å². The van der Waals surface area contributed by atoms with Gasteiger partial charge in [0.15, 0.2) is 0 Å². The second kappa shape index (κ2) is 9.64. The van der Waals surface area contributed by atoms with Crippen molar-refractivity contribution in [2.75, 3.05) is 0 Å². The number of carbonyl (C=O) groups is 2. The van der Waals surface area contributed by atoms with Crippen molar-refractivity contribution < 1.29 is 9.59 Å². The average molecular weight is 331 g/mol. The lowest BCUT2D eigenvalue weighted by atomic mass is 10.1. The highest BCUT2D eigenvalue weighted by Gasteiger charge is 2.11. The maximum Gasteiger partial charge on any atom is 0.271 e. The summed E-state index contributed by atoms with van der Waals surface area (Å²) in [5.41, 5.74) is 5.00. The van der Waals surface area contributed by atoms with Crippen molar-refractivity contribution in [1.82, 2.24) is 10.9 Å². The number of halogens is 2. The van der Waals surface area contributed by atoms with E-state index in [1.165, 1.54) is 25.0 Å². The maximum absolute atomic E-state index is 11.8. The Hall–Kier alpha value is -1.26. The van der Waals surface area contributed by atoms with Crippen LogP contribution in [0.25, 0.3) is 0 Å². The van der Waals surface area contributed by atoms with Gasteiger partial charge in [0.2, 0.25) is 5.91 Å². The summed E-state index contributed by atoms with van der Waals surface area (Å²) < 4.78 is 0. The molecular weight excluding hydrogens is 311 g/mol. The van der Waals surface area contributed by atoms with Gasteiger partial charge in [-0.15, -0.1) is 0 Å². The first kappa shape index (κ1) is 17.8. The number of benzene rings is 1. The molecule has 6 heteroatoms. The predicted molar refractivity (Wildman–Crippen MR) is 85.4 cm³/mol. The zero-order valence-corrected chi connectivity index (χ0v) is 13.6. The minimum Gasteiger partial charge on any atom is -0.273 e. The summed E-state index contributed by atoms with van der Waals surface area (Å²) in [6.45, 7) is 2.14. The van der Waals surface area contributed by atoms with Gasteiger partial charge in [-0.25, -0.2) is 0 Å². The van der Waals surface area contributed by atoms with Crippen LogP contribution < -0.4 is 10.9 Å². The van der Waals surface area contributed by atoms with Crippen molar-refractivity contribution in [2.24, 2.45) is 0 Å². The van der Waals surface area contributed by atoms with E-state index in [4.69, 9.17) is 23.2 Å². The van der Waals surface area contributed by atoms with Crippen LogP contribution in [0.3, 0.4) is 0 Å². The molecule has 1 aromatic rings. The molecule has 0 unspecified atom stereocenters. The monoisotopic (exact) mass is 330 g/mol. The van der Waals surface area contributed by atoms with Gasteiger partial charge in [0, 0.05) is 11.4 Å². The van der Waals surface area contributed by atoms with E-state index in [1.54, 1.807) is 6.07 Å². The Labute approximate surface area is 135 Å². The minimum absolute atomic E-state index is 0.204. The van der Waals surface area contributed by atoms with E-state index in [9.17, 15) is 9.59 Å². The van der Waals surface area contributed by atoms with Crippen LogP contribution in [0.5, 0.6) is 0 Å². The minimum atomic E-state index is -0.462. The van der Waals surface area contributed by atoms with Crippen molar-refractivity contribution in [3.63, 3.8) is 0 Å². The van der Waals surface area contributed by atoms with Crippen LogP contribution in [0.2, 0.25) is 10.0 Å². The van der Waals surface area contributed by atoms with Crippen LogP contribution in [0.1, 0.15) is 55.8 Å². The van der Waals surface area contributed by atoms with E-state index < -0.39 is 5.91 Å². The predicted octanol–water partition coefficient (Wildman–Crippen LogP) is 4.11. The molecule has 21 heavy (non-hydrogen) atoms. The molecule has 0 spiro atoms. The highest BCUT2D eigenvalue weighted by molar-refractivity contribution is 6.36. The summed E-state index contributed by atoms with van der Waals surface area (Å²) in [5.74, 6) is -0.666. The zero-order valence-electron chi connectivity index (χ0n) is 12.0. The molecule has 0 atom stereocenters. The second-order valence-electron chi connectivity index (χ2n) is 4.79. The molecular formula is C15H20Cl2N2O2. The fourth-order valence-electron chi connectivity index (χ4n) is 1.82. The molecule has 0 saturated heterocycles. The van der Waals surface area contributed by atoms with Crippen LogP contribution >= 0.6 is 23.2 Å². The first-order valence-corrected chi connectivity index (χ1v) is 7.84. The topological polar surface area (TPSA) is 58.2 Å². The Bertz CT molecular complexity index is 493. The molecule has 0 saturated carbocycles. The number of unbranched alkanes of at least 4 members (excludes halogenated alkanes) is 4. The third-order valence-corrected chi connectivity index (χ3v) is 3.55. The number of hydrogen-bond donors (Lipinski definition) is 2. The molecule has 0 heterocycles. The van der Waals surface area contributed by atoms with Crippen molar-refractivity contribution in [2.45, 2.75) is 45.4 Å². The van der Waals surface area contributed by atoms with Gasteiger partial charge in [-0.2, -0.15) is 0 Å². The number of nitrogens with one attached hydrogen (secondary N) is 2. The van der Waals surface area contributed by atoms with E-state index in [0.717, 1.165) is 19.3 Å². The Morgan fingerprint density at radius 1 is 1.05 bits per heavy atom. The van der Waals surface area contributed by atoms with Gasteiger partial charge in [0.05, 0.1) is 10.6 Å². The Kier molecular flexibility index (Phi) is 8.16. The molecule has 0 bridgehead atoms. The number of rotatable bonds is 7. The summed E-state index contributed by atoms with van der Waals surface area (Å²) >= 11 is 11.7. The van der Waals surface area contributed by atoms with E-state index >= 15 is 0 Å². The first-order chi connectivity index (χ1) is 10.0. The summed E-state index contributed by atoms with van der Waals surface area (Å²) in [6, 6.07) is 4.56. The number of amides is 2. The van der Waals surface area contributed by atoms with Crippen LogP contribution in [0, 0.1) is 0 Å². The van der Waals surface area contributed by atoms with Crippen LogP contribution in [-0.4, -0.2) is 11.8 Å². The SMILES string of the molecule is CCCCCCCC(=O)NNC(=O)c1ccc(Cl)cc1Cl. The maximum atomic E-state index is 11.8. The van der Waals surface area contributed by atoms with Crippen molar-refractivity contribution >= 4 is 35.0 Å². The lowest BCUT2D eigenvalue weighted by Crippen LogP contribution is -2.41. The molecule has 0 aliphatic heterocycles. The van der Waals surface area contributed by atoms with Gasteiger partial charge in [0.25, 0.3) is 5.91 Å². The summed E-state index contributed by atoms with van der Waals surface area (Å²) in [6.07, 6.45) is 5.74. The smallest absolute Gasteiger partial charge is 0.271 e. The van der Waals surface area contributed by atoms with Gasteiger partial charge >= 0.3 is 0 Å². The molecule has 1 rings (SSSR count). The van der Waals surface area contributed by atoms with Crippen LogP contribution in [0.15, 0.2) is 18.2 Å². The largest absolute Gasteiger partial charge is 0.273 e. The van der Waals surface area contributed by atoms with Gasteiger partial charge in [-0.1, -0.05) is 55.8 Å². The number of hydrazine groups is 1. The lowest BCUT2D eigenvalue weighted by Gasteiger charge is -2.08. The van der Waals surface area contributed by atoms with E-state index in [0.29, 0.717) is 11.4 Å². The molecule has 116 valence electrons. The van der Waals surface area contributed by atoms with Gasteiger partial charge in [-0.3, -0.25) is 20.4 Å². The van der Waals surface area contributed by atoms with Crippen molar-refractivity contribution in [3.8, 4) is 0 Å². The second-order valence-corrected chi connectivity index (χ2v) is 5.63. The fourth-order valence-corrected chi connectivity index (χ4v) is 2.31. The normalized spacial score (nSPS) is 10.2. The highest BCUT2D eigenvalue weighted by atomic mass is 35.5. The quantitative estimate of drug-likeness (QED) is 0.583. The number of hydrogen-bond acceptors (Lipinski definition) is 2. The zero-order chi connectivity index (χ0) is 15.7. The molecule has 4 nitrogen and oxygen atoms in total. The molecule has 0 aliphatic rings. The van der Waals surface area contributed by atoms with Crippen LogP contribution in [0.4, 0.5) is 0 Å². The number of carbonyl (C=O) groups excluding carboxylic acids is 2. The molecule has 0 fully saturated rings. The van der Waals surface area contributed by atoms with E-state index in [-0.39, 0.29) is 16.5 Å². The Balaban J connectivity index is 2.30. The molecule has 2 amide bonds. The Morgan fingerprint density at radius 3 is 2.43 bits per heavy atom. The fraction of sp³-hybridized carbons (Fsp3) is 0.467. The first-order valence-electron chi connectivity index (χ1n) is 7.08. The van der Waals surface area contributed by atoms with Crippen molar-refractivity contribution in [1.29, 1.82) is 0 Å². The molecule has 0 radical (unpaired) electrons.